The summed E-state index contributed by atoms with van der Waals surface area (Å²) in [5.74, 6) is 0. The summed E-state index contributed by atoms with van der Waals surface area (Å²) in [4.78, 5) is 20.1. The Bertz CT molecular complexity index is 527. The van der Waals surface area contributed by atoms with Gasteiger partial charge in [0.05, 0.1) is 15.9 Å². The average molecular weight is 317 g/mol. The molecule has 1 aromatic rings. The van der Waals surface area contributed by atoms with E-state index in [9.17, 15) is 20.2 Å². The van der Waals surface area contributed by atoms with E-state index in [1.807, 2.05) is 0 Å². The van der Waals surface area contributed by atoms with Crippen LogP contribution in [0, 0.1) is 20.2 Å². The molecule has 0 aliphatic carbocycles. The van der Waals surface area contributed by atoms with Gasteiger partial charge in [-0.2, -0.15) is 5.10 Å². The molecule has 0 saturated heterocycles. The normalized spacial score (nSPS) is 11.2. The molecule has 0 radical (unpaired) electrons. The van der Waals surface area contributed by atoms with Gasteiger partial charge in [-0.3, -0.25) is 25.2 Å². The topological polar surface area (TPSA) is 102 Å². The molecule has 0 bridgehead atoms. The maximum atomic E-state index is 10.9. The molecule has 0 amide bonds. The molecule has 0 unspecified atom stereocenters. The molecule has 18 heavy (non-hydrogen) atoms. The molecule has 1 aromatic carbocycles. The van der Waals surface area contributed by atoms with Gasteiger partial charge in [0, 0.05) is 13.1 Å². The SMILES string of the molecule is CC(Br)=NN(C)c1ccc([N+](=O)[O-])cc1[N+](=O)[O-]. The van der Waals surface area contributed by atoms with E-state index in [1.54, 1.807) is 6.92 Å². The first kappa shape index (κ1) is 14.0. The highest BCUT2D eigenvalue weighted by atomic mass is 79.9. The summed E-state index contributed by atoms with van der Waals surface area (Å²) in [6, 6.07) is 3.39. The summed E-state index contributed by atoms with van der Waals surface area (Å²) < 4.78 is 0.526. The summed E-state index contributed by atoms with van der Waals surface area (Å²) in [5, 5.41) is 26.7. The lowest BCUT2D eigenvalue weighted by Gasteiger charge is -2.12. The van der Waals surface area contributed by atoms with E-state index >= 15 is 0 Å². The Labute approximate surface area is 110 Å². The lowest BCUT2D eigenvalue weighted by atomic mass is 10.2. The molecule has 0 fully saturated rings. The fourth-order valence-electron chi connectivity index (χ4n) is 1.31. The number of non-ortho nitro benzene ring substituents is 1. The zero-order valence-electron chi connectivity index (χ0n) is 9.53. The molecule has 9 heteroatoms. The average Bonchev–Trinajstić information content (AvgIpc) is 2.26. The van der Waals surface area contributed by atoms with Crippen LogP contribution in [0.3, 0.4) is 0 Å². The van der Waals surface area contributed by atoms with Crippen molar-refractivity contribution in [2.45, 2.75) is 6.92 Å². The van der Waals surface area contributed by atoms with Gasteiger partial charge in [-0.25, -0.2) is 0 Å². The molecule has 0 aliphatic rings. The van der Waals surface area contributed by atoms with Crippen molar-refractivity contribution >= 4 is 37.6 Å². The Balaban J connectivity index is 3.32. The van der Waals surface area contributed by atoms with Crippen molar-refractivity contribution in [3.63, 3.8) is 0 Å². The number of nitrogens with zero attached hydrogens (tertiary/aromatic N) is 4. The van der Waals surface area contributed by atoms with E-state index in [1.165, 1.54) is 24.2 Å². The first-order chi connectivity index (χ1) is 8.32. The predicted molar refractivity (Wildman–Crippen MR) is 70.2 cm³/mol. The zero-order valence-corrected chi connectivity index (χ0v) is 11.1. The van der Waals surface area contributed by atoms with Gasteiger partial charge in [-0.05, 0) is 28.9 Å². The van der Waals surface area contributed by atoms with Gasteiger partial charge in [0.1, 0.15) is 10.3 Å². The van der Waals surface area contributed by atoms with E-state index in [-0.39, 0.29) is 17.1 Å². The largest absolute Gasteiger partial charge is 0.301 e. The number of hydrazone groups is 1. The smallest absolute Gasteiger partial charge is 0.261 e. The third-order valence-electron chi connectivity index (χ3n) is 2.00. The standard InChI is InChI=1S/C9H9BrN4O4/c1-6(10)11-12(2)8-4-3-7(13(15)16)5-9(8)14(17)18/h3-5H,1-2H3. The minimum atomic E-state index is -0.685. The van der Waals surface area contributed by atoms with Crippen molar-refractivity contribution in [1.29, 1.82) is 0 Å². The molecule has 8 nitrogen and oxygen atoms in total. The number of nitro benzene ring substituents is 2. The van der Waals surface area contributed by atoms with Gasteiger partial charge in [0.25, 0.3) is 5.69 Å². The molecule has 0 spiro atoms. The summed E-state index contributed by atoms with van der Waals surface area (Å²) in [6.45, 7) is 1.66. The van der Waals surface area contributed by atoms with Crippen molar-refractivity contribution in [3.8, 4) is 0 Å². The van der Waals surface area contributed by atoms with Crippen LogP contribution >= 0.6 is 15.9 Å². The molecule has 0 heterocycles. The fourth-order valence-corrected chi connectivity index (χ4v) is 1.54. The van der Waals surface area contributed by atoms with Crippen LogP contribution in [0.4, 0.5) is 17.1 Å². The van der Waals surface area contributed by atoms with Crippen molar-refractivity contribution in [2.75, 3.05) is 12.1 Å². The van der Waals surface area contributed by atoms with Gasteiger partial charge in [0.2, 0.25) is 0 Å². The maximum absolute atomic E-state index is 10.9. The van der Waals surface area contributed by atoms with E-state index in [4.69, 9.17) is 0 Å². The minimum Gasteiger partial charge on any atom is -0.261 e. The van der Waals surface area contributed by atoms with Crippen molar-refractivity contribution in [2.24, 2.45) is 5.10 Å². The van der Waals surface area contributed by atoms with Crippen LogP contribution in [0.1, 0.15) is 6.92 Å². The van der Waals surface area contributed by atoms with Crippen LogP contribution in [-0.2, 0) is 0 Å². The molecule has 0 atom stereocenters. The van der Waals surface area contributed by atoms with Crippen molar-refractivity contribution in [3.05, 3.63) is 38.4 Å². The van der Waals surface area contributed by atoms with Crippen molar-refractivity contribution < 1.29 is 9.85 Å². The highest BCUT2D eigenvalue weighted by Crippen LogP contribution is 2.31. The predicted octanol–water partition coefficient (Wildman–Crippen LogP) is 2.67. The van der Waals surface area contributed by atoms with E-state index in [2.05, 4.69) is 21.0 Å². The third kappa shape index (κ3) is 3.23. The molecular formula is C9H9BrN4O4. The second kappa shape index (κ2) is 5.54. The van der Waals surface area contributed by atoms with Gasteiger partial charge < -0.3 is 0 Å². The van der Waals surface area contributed by atoms with Crippen LogP contribution in [0.2, 0.25) is 0 Å². The summed E-state index contributed by atoms with van der Waals surface area (Å²) in [6.07, 6.45) is 0. The Hall–Kier alpha value is -2.03. The Kier molecular flexibility index (Phi) is 4.32. The molecule has 1 rings (SSSR count). The van der Waals surface area contributed by atoms with E-state index < -0.39 is 9.85 Å². The molecule has 0 N–H and O–H groups in total. The monoisotopic (exact) mass is 316 g/mol. The van der Waals surface area contributed by atoms with E-state index in [0.717, 1.165) is 6.07 Å². The number of hydrogen-bond donors (Lipinski definition) is 0. The lowest BCUT2D eigenvalue weighted by molar-refractivity contribution is -0.393. The Morgan fingerprint density at radius 1 is 1.33 bits per heavy atom. The van der Waals surface area contributed by atoms with Crippen LogP contribution in [0.5, 0.6) is 0 Å². The number of rotatable bonds is 4. The summed E-state index contributed by atoms with van der Waals surface area (Å²) in [5.41, 5.74) is -0.535. The molecular weight excluding hydrogens is 308 g/mol. The van der Waals surface area contributed by atoms with E-state index in [0.29, 0.717) is 4.62 Å². The highest BCUT2D eigenvalue weighted by molar-refractivity contribution is 9.18. The van der Waals surface area contributed by atoms with Crippen LogP contribution in [-0.4, -0.2) is 21.5 Å². The molecule has 96 valence electrons. The number of hydrogen-bond acceptors (Lipinski definition) is 6. The van der Waals surface area contributed by atoms with Gasteiger partial charge in [0.15, 0.2) is 0 Å². The number of benzene rings is 1. The van der Waals surface area contributed by atoms with Crippen LogP contribution in [0.25, 0.3) is 0 Å². The second-order valence-corrected chi connectivity index (χ2v) is 4.46. The molecule has 0 aliphatic heterocycles. The maximum Gasteiger partial charge on any atom is 0.301 e. The Morgan fingerprint density at radius 3 is 2.39 bits per heavy atom. The Morgan fingerprint density at radius 2 is 1.94 bits per heavy atom. The second-order valence-electron chi connectivity index (χ2n) is 3.31. The van der Waals surface area contributed by atoms with Crippen LogP contribution < -0.4 is 5.01 Å². The summed E-state index contributed by atoms with van der Waals surface area (Å²) in [7, 11) is 1.51. The third-order valence-corrected chi connectivity index (χ3v) is 2.16. The van der Waals surface area contributed by atoms with Gasteiger partial charge >= 0.3 is 5.69 Å². The zero-order chi connectivity index (χ0) is 13.9. The van der Waals surface area contributed by atoms with Gasteiger partial charge in [-0.1, -0.05) is 0 Å². The number of nitro groups is 2. The lowest BCUT2D eigenvalue weighted by Crippen LogP contribution is -2.12. The van der Waals surface area contributed by atoms with Crippen LogP contribution in [0.15, 0.2) is 23.3 Å². The van der Waals surface area contributed by atoms with Crippen molar-refractivity contribution in [1.82, 2.24) is 0 Å². The van der Waals surface area contributed by atoms with Gasteiger partial charge in [-0.15, -0.1) is 0 Å². The quantitative estimate of drug-likeness (QED) is 0.482. The first-order valence-electron chi connectivity index (χ1n) is 4.70. The molecule has 0 aromatic heterocycles. The summed E-state index contributed by atoms with van der Waals surface area (Å²) >= 11 is 3.10. The highest BCUT2D eigenvalue weighted by Gasteiger charge is 2.21. The molecule has 0 saturated carbocycles. The first-order valence-corrected chi connectivity index (χ1v) is 5.49. The minimum absolute atomic E-state index is 0.171. The fraction of sp³-hybridized carbons (Fsp3) is 0.222. The number of halogens is 1. The number of anilines is 1.